The van der Waals surface area contributed by atoms with E-state index < -0.39 is 12.0 Å². The van der Waals surface area contributed by atoms with Gasteiger partial charge in [0.05, 0.1) is 26.7 Å². The molecule has 0 fully saturated rings. The van der Waals surface area contributed by atoms with Crippen molar-refractivity contribution >= 4 is 11.9 Å². The van der Waals surface area contributed by atoms with Crippen LogP contribution in [0.3, 0.4) is 0 Å². The zero-order chi connectivity index (χ0) is 20.5. The molecule has 28 heavy (non-hydrogen) atoms. The number of methoxy groups -OCH3 is 2. The predicted octanol–water partition coefficient (Wildman–Crippen LogP) is 3.92. The van der Waals surface area contributed by atoms with Gasteiger partial charge in [0.1, 0.15) is 11.5 Å². The van der Waals surface area contributed by atoms with Gasteiger partial charge in [0.2, 0.25) is 5.91 Å². The van der Waals surface area contributed by atoms with Gasteiger partial charge in [-0.15, -0.1) is 0 Å². The fraction of sp³-hybridized carbons (Fsp3) is 0.364. The van der Waals surface area contributed by atoms with Crippen LogP contribution in [0.15, 0.2) is 48.5 Å². The van der Waals surface area contributed by atoms with Gasteiger partial charge in [0.15, 0.2) is 0 Å². The van der Waals surface area contributed by atoms with Crippen molar-refractivity contribution in [3.8, 4) is 11.5 Å². The minimum atomic E-state index is -1.00. The summed E-state index contributed by atoms with van der Waals surface area (Å²) in [4.78, 5) is 24.1. The normalized spacial score (nSPS) is 12.7. The van der Waals surface area contributed by atoms with E-state index in [-0.39, 0.29) is 24.7 Å². The number of carboxylic acid groups (broad SMARTS) is 1. The van der Waals surface area contributed by atoms with Gasteiger partial charge < -0.3 is 19.9 Å². The van der Waals surface area contributed by atoms with Crippen LogP contribution in [0.1, 0.15) is 49.3 Å². The summed E-state index contributed by atoms with van der Waals surface area (Å²) in [5, 5.41) is 12.2. The van der Waals surface area contributed by atoms with Crippen LogP contribution in [0.5, 0.6) is 11.5 Å². The highest BCUT2D eigenvalue weighted by atomic mass is 16.5. The first-order chi connectivity index (χ1) is 13.5. The Hall–Kier alpha value is -3.02. The summed E-state index contributed by atoms with van der Waals surface area (Å²) in [7, 11) is 3.04. The molecule has 0 aliphatic rings. The Kier molecular flexibility index (Phi) is 7.87. The van der Waals surface area contributed by atoms with E-state index in [0.29, 0.717) is 17.1 Å². The Morgan fingerprint density at radius 1 is 1.04 bits per heavy atom. The molecule has 0 aromatic heterocycles. The summed E-state index contributed by atoms with van der Waals surface area (Å²) >= 11 is 0. The molecule has 2 unspecified atom stereocenters. The van der Waals surface area contributed by atoms with E-state index in [4.69, 9.17) is 9.47 Å². The molecule has 1 amide bonds. The van der Waals surface area contributed by atoms with Crippen LogP contribution in [0.2, 0.25) is 0 Å². The lowest BCUT2D eigenvalue weighted by Gasteiger charge is -2.22. The van der Waals surface area contributed by atoms with Gasteiger partial charge in [-0.2, -0.15) is 0 Å². The van der Waals surface area contributed by atoms with Crippen molar-refractivity contribution in [2.45, 2.75) is 38.1 Å². The van der Waals surface area contributed by atoms with E-state index in [1.807, 2.05) is 37.3 Å². The number of carbonyl (C=O) groups is 2. The van der Waals surface area contributed by atoms with E-state index >= 15 is 0 Å². The van der Waals surface area contributed by atoms with Gasteiger partial charge in [-0.25, -0.2) is 0 Å². The maximum Gasteiger partial charge on any atom is 0.305 e. The first kappa shape index (κ1) is 21.3. The third kappa shape index (κ3) is 5.74. The number of nitrogens with one attached hydrogen (secondary N) is 1. The van der Waals surface area contributed by atoms with Crippen LogP contribution >= 0.6 is 0 Å². The zero-order valence-electron chi connectivity index (χ0n) is 16.5. The lowest BCUT2D eigenvalue weighted by molar-refractivity contribution is -0.137. The van der Waals surface area contributed by atoms with Crippen molar-refractivity contribution in [1.82, 2.24) is 5.32 Å². The molecule has 2 atom stereocenters. The number of ether oxygens (including phenoxy) is 2. The summed E-state index contributed by atoms with van der Waals surface area (Å²) < 4.78 is 10.6. The molecule has 6 nitrogen and oxygen atoms in total. The number of amides is 1. The molecule has 0 saturated carbocycles. The molecule has 2 N–H and O–H groups in total. The molecule has 0 aliphatic heterocycles. The van der Waals surface area contributed by atoms with Crippen molar-refractivity contribution in [3.63, 3.8) is 0 Å². The fourth-order valence-electron chi connectivity index (χ4n) is 3.22. The van der Waals surface area contributed by atoms with Gasteiger partial charge in [0, 0.05) is 18.1 Å². The van der Waals surface area contributed by atoms with Crippen LogP contribution in [0.25, 0.3) is 0 Å². The second-order valence-corrected chi connectivity index (χ2v) is 6.55. The Morgan fingerprint density at radius 3 is 2.32 bits per heavy atom. The van der Waals surface area contributed by atoms with E-state index in [1.165, 1.54) is 7.11 Å². The summed E-state index contributed by atoms with van der Waals surface area (Å²) in [5.74, 6) is -0.0559. The zero-order valence-corrected chi connectivity index (χ0v) is 16.5. The minimum Gasteiger partial charge on any atom is -0.497 e. The van der Waals surface area contributed by atoms with Crippen LogP contribution in [0.4, 0.5) is 0 Å². The molecule has 6 heteroatoms. The number of hydrogen-bond donors (Lipinski definition) is 2. The number of rotatable bonds is 10. The lowest BCUT2D eigenvalue weighted by Crippen LogP contribution is -2.31. The van der Waals surface area contributed by atoms with Crippen LogP contribution in [-0.4, -0.2) is 31.2 Å². The average molecular weight is 385 g/mol. The molecule has 2 aromatic rings. The summed E-state index contributed by atoms with van der Waals surface area (Å²) in [6.45, 7) is 2.03. The van der Waals surface area contributed by atoms with E-state index in [2.05, 4.69) is 5.32 Å². The monoisotopic (exact) mass is 385 g/mol. The van der Waals surface area contributed by atoms with Crippen LogP contribution in [-0.2, 0) is 9.59 Å². The van der Waals surface area contributed by atoms with Crippen molar-refractivity contribution in [3.05, 3.63) is 59.7 Å². The van der Waals surface area contributed by atoms with Crippen LogP contribution < -0.4 is 14.8 Å². The first-order valence-corrected chi connectivity index (χ1v) is 9.26. The Labute approximate surface area is 165 Å². The molecule has 0 heterocycles. The molecule has 0 saturated heterocycles. The molecule has 2 aromatic carbocycles. The number of carboxylic acids is 1. The third-order valence-corrected chi connectivity index (χ3v) is 4.73. The maximum atomic E-state index is 12.7. The largest absolute Gasteiger partial charge is 0.497 e. The van der Waals surface area contributed by atoms with E-state index in [1.54, 1.807) is 25.3 Å². The quantitative estimate of drug-likeness (QED) is 0.647. The third-order valence-electron chi connectivity index (χ3n) is 4.73. The Morgan fingerprint density at radius 2 is 1.75 bits per heavy atom. The molecule has 0 spiro atoms. The average Bonchev–Trinajstić information content (AvgIpc) is 2.71. The molecule has 0 aliphatic carbocycles. The van der Waals surface area contributed by atoms with Gasteiger partial charge in [0.25, 0.3) is 0 Å². The number of aliphatic carboxylic acids is 1. The highest BCUT2D eigenvalue weighted by Gasteiger charge is 2.23. The summed E-state index contributed by atoms with van der Waals surface area (Å²) in [5.41, 5.74) is 1.70. The highest BCUT2D eigenvalue weighted by Crippen LogP contribution is 2.32. The predicted molar refractivity (Wildman–Crippen MR) is 107 cm³/mol. The van der Waals surface area contributed by atoms with Gasteiger partial charge in [-0.05, 0) is 30.0 Å². The molecule has 0 bridgehead atoms. The topological polar surface area (TPSA) is 84.9 Å². The summed E-state index contributed by atoms with van der Waals surface area (Å²) in [6, 6.07) is 14.3. The summed E-state index contributed by atoms with van der Waals surface area (Å²) in [6.07, 6.45) is 0.860. The molecular formula is C22H27NO5. The highest BCUT2D eigenvalue weighted by molar-refractivity contribution is 5.79. The first-order valence-electron chi connectivity index (χ1n) is 9.26. The number of hydrogen-bond acceptors (Lipinski definition) is 4. The fourth-order valence-corrected chi connectivity index (χ4v) is 3.22. The van der Waals surface area contributed by atoms with Crippen molar-refractivity contribution in [2.24, 2.45) is 0 Å². The van der Waals surface area contributed by atoms with E-state index in [0.717, 1.165) is 12.0 Å². The smallest absolute Gasteiger partial charge is 0.305 e. The van der Waals surface area contributed by atoms with Gasteiger partial charge in [-0.1, -0.05) is 37.3 Å². The molecular weight excluding hydrogens is 358 g/mol. The number of benzene rings is 2. The standard InChI is InChI=1S/C22H27NO5/c1-4-15(16-8-6-5-7-9-16)12-21(24)23-19(14-22(25)26)18-11-10-17(27-2)13-20(18)28-3/h5-11,13,15,19H,4,12,14H2,1-3H3,(H,23,24)(H,25,26). The Balaban J connectivity index is 2.20. The second-order valence-electron chi connectivity index (χ2n) is 6.55. The SMILES string of the molecule is CCC(CC(=O)NC(CC(=O)O)c1ccc(OC)cc1OC)c1ccccc1. The van der Waals surface area contributed by atoms with Crippen molar-refractivity contribution in [1.29, 1.82) is 0 Å². The maximum absolute atomic E-state index is 12.7. The second kappa shape index (κ2) is 10.3. The van der Waals surface area contributed by atoms with Gasteiger partial charge >= 0.3 is 5.97 Å². The van der Waals surface area contributed by atoms with Crippen LogP contribution in [0, 0.1) is 0 Å². The molecule has 150 valence electrons. The molecule has 0 radical (unpaired) electrons. The van der Waals surface area contributed by atoms with Gasteiger partial charge in [-0.3, -0.25) is 9.59 Å². The van der Waals surface area contributed by atoms with E-state index in [9.17, 15) is 14.7 Å². The molecule has 2 rings (SSSR count). The lowest BCUT2D eigenvalue weighted by atomic mass is 9.92. The van der Waals surface area contributed by atoms with Crippen molar-refractivity contribution in [2.75, 3.05) is 14.2 Å². The van der Waals surface area contributed by atoms with Crippen molar-refractivity contribution < 1.29 is 24.2 Å². The minimum absolute atomic E-state index is 0.0736. The Bertz CT molecular complexity index is 791. The number of carbonyl (C=O) groups excluding carboxylic acids is 1.